The zero-order valence-electron chi connectivity index (χ0n) is 9.14. The number of nitrogen functional groups attached to an aromatic ring is 1. The minimum absolute atomic E-state index is 0.191. The fourth-order valence-corrected chi connectivity index (χ4v) is 1.33. The van der Waals surface area contributed by atoms with Crippen LogP contribution in [0.15, 0.2) is 24.3 Å². The van der Waals surface area contributed by atoms with Crippen LogP contribution in [0.1, 0.15) is 12.5 Å². The average molecular weight is 224 g/mol. The molecule has 1 unspecified atom stereocenters. The Labute approximate surface area is 94.0 Å². The molecule has 0 saturated carbocycles. The van der Waals surface area contributed by atoms with Crippen molar-refractivity contribution in [2.75, 3.05) is 18.9 Å². The molecule has 0 heterocycles. The molecule has 1 atom stereocenters. The Balaban J connectivity index is 3.04. The summed E-state index contributed by atoms with van der Waals surface area (Å²) < 4.78 is 4.78. The molecule has 0 aliphatic carbocycles. The Morgan fingerprint density at radius 1 is 1.44 bits per heavy atom. The minimum Gasteiger partial charge on any atom is -0.464 e. The second kappa shape index (κ2) is 4.96. The standard InChI is InChI=1S/C11H16N2O3/c1-2-16-10(14)11(15,7-12)8-3-5-9(13)6-4-8/h3-6,15H,2,7,12-13H2,1H3. The van der Waals surface area contributed by atoms with Gasteiger partial charge in [0.05, 0.1) is 6.61 Å². The van der Waals surface area contributed by atoms with E-state index in [-0.39, 0.29) is 13.2 Å². The molecule has 5 heteroatoms. The lowest BCUT2D eigenvalue weighted by atomic mass is 9.94. The van der Waals surface area contributed by atoms with Gasteiger partial charge in [0.2, 0.25) is 0 Å². The van der Waals surface area contributed by atoms with Crippen molar-refractivity contribution in [1.29, 1.82) is 0 Å². The lowest BCUT2D eigenvalue weighted by Gasteiger charge is -2.24. The summed E-state index contributed by atoms with van der Waals surface area (Å²) in [6.45, 7) is 1.61. The Bertz CT molecular complexity index is 364. The quantitative estimate of drug-likeness (QED) is 0.493. The van der Waals surface area contributed by atoms with E-state index < -0.39 is 11.6 Å². The van der Waals surface area contributed by atoms with Crippen LogP contribution in [0.4, 0.5) is 5.69 Å². The third-order valence-electron chi connectivity index (χ3n) is 2.30. The highest BCUT2D eigenvalue weighted by Gasteiger charge is 2.38. The predicted octanol–water partition coefficient (Wildman–Crippen LogP) is -0.0218. The molecule has 0 aliphatic heterocycles. The topological polar surface area (TPSA) is 98.6 Å². The maximum absolute atomic E-state index is 11.6. The zero-order chi connectivity index (χ0) is 12.2. The molecule has 5 N–H and O–H groups in total. The second-order valence-electron chi connectivity index (χ2n) is 3.41. The van der Waals surface area contributed by atoms with Crippen LogP contribution >= 0.6 is 0 Å². The van der Waals surface area contributed by atoms with E-state index in [1.807, 2.05) is 0 Å². The van der Waals surface area contributed by atoms with E-state index in [2.05, 4.69) is 0 Å². The summed E-state index contributed by atoms with van der Waals surface area (Å²) in [4.78, 5) is 11.6. The first kappa shape index (κ1) is 12.5. The van der Waals surface area contributed by atoms with Crippen LogP contribution in [-0.4, -0.2) is 24.2 Å². The number of hydrogen-bond acceptors (Lipinski definition) is 5. The fraction of sp³-hybridized carbons (Fsp3) is 0.364. The van der Waals surface area contributed by atoms with Crippen molar-refractivity contribution in [3.63, 3.8) is 0 Å². The zero-order valence-corrected chi connectivity index (χ0v) is 9.14. The lowest BCUT2D eigenvalue weighted by Crippen LogP contribution is -2.44. The van der Waals surface area contributed by atoms with Crippen molar-refractivity contribution in [1.82, 2.24) is 0 Å². The van der Waals surface area contributed by atoms with Gasteiger partial charge in [-0.2, -0.15) is 0 Å². The SMILES string of the molecule is CCOC(=O)C(O)(CN)c1ccc(N)cc1. The number of benzene rings is 1. The first-order chi connectivity index (χ1) is 7.54. The normalized spacial score (nSPS) is 14.2. The molecule has 1 aromatic carbocycles. The number of carbonyl (C=O) groups excluding carboxylic acids is 1. The Morgan fingerprint density at radius 3 is 2.44 bits per heavy atom. The summed E-state index contributed by atoms with van der Waals surface area (Å²) >= 11 is 0. The van der Waals surface area contributed by atoms with E-state index in [1.54, 1.807) is 31.2 Å². The number of aliphatic hydroxyl groups is 1. The van der Waals surface area contributed by atoms with Crippen molar-refractivity contribution < 1.29 is 14.6 Å². The van der Waals surface area contributed by atoms with Crippen molar-refractivity contribution in [2.45, 2.75) is 12.5 Å². The summed E-state index contributed by atoms with van der Waals surface area (Å²) in [5.74, 6) is -0.748. The van der Waals surface area contributed by atoms with Crippen molar-refractivity contribution in [3.05, 3.63) is 29.8 Å². The van der Waals surface area contributed by atoms with Gasteiger partial charge in [-0.3, -0.25) is 0 Å². The predicted molar refractivity (Wildman–Crippen MR) is 60.4 cm³/mol. The molecule has 1 rings (SSSR count). The van der Waals surface area contributed by atoms with Crippen molar-refractivity contribution in [2.24, 2.45) is 5.73 Å². The molecule has 0 aromatic heterocycles. The molecular formula is C11H16N2O3. The highest BCUT2D eigenvalue weighted by molar-refractivity contribution is 5.81. The van der Waals surface area contributed by atoms with Gasteiger partial charge in [0.1, 0.15) is 0 Å². The minimum atomic E-state index is -1.80. The van der Waals surface area contributed by atoms with E-state index in [0.29, 0.717) is 11.3 Å². The molecule has 0 bridgehead atoms. The Hall–Kier alpha value is -1.59. The van der Waals surface area contributed by atoms with Gasteiger partial charge in [0.25, 0.3) is 0 Å². The van der Waals surface area contributed by atoms with Gasteiger partial charge < -0.3 is 21.3 Å². The van der Waals surface area contributed by atoms with E-state index in [4.69, 9.17) is 16.2 Å². The van der Waals surface area contributed by atoms with Crippen molar-refractivity contribution >= 4 is 11.7 Å². The van der Waals surface area contributed by atoms with E-state index >= 15 is 0 Å². The molecule has 1 aromatic rings. The third kappa shape index (κ3) is 2.32. The molecule has 0 radical (unpaired) electrons. The maximum atomic E-state index is 11.6. The number of nitrogens with two attached hydrogens (primary N) is 2. The monoisotopic (exact) mass is 224 g/mol. The second-order valence-corrected chi connectivity index (χ2v) is 3.41. The Kier molecular flexibility index (Phi) is 3.87. The highest BCUT2D eigenvalue weighted by atomic mass is 16.5. The van der Waals surface area contributed by atoms with Gasteiger partial charge in [-0.25, -0.2) is 4.79 Å². The number of ether oxygens (including phenoxy) is 1. The largest absolute Gasteiger partial charge is 0.464 e. The van der Waals surface area contributed by atoms with Crippen molar-refractivity contribution in [3.8, 4) is 0 Å². The van der Waals surface area contributed by atoms with Crippen LogP contribution in [0.25, 0.3) is 0 Å². The molecular weight excluding hydrogens is 208 g/mol. The molecule has 0 aliphatic rings. The van der Waals surface area contributed by atoms with Gasteiger partial charge in [0, 0.05) is 12.2 Å². The van der Waals surface area contributed by atoms with E-state index in [0.717, 1.165) is 0 Å². The summed E-state index contributed by atoms with van der Waals surface area (Å²) in [6, 6.07) is 6.29. The Morgan fingerprint density at radius 2 is 2.00 bits per heavy atom. The van der Waals surface area contributed by atoms with Crippen LogP contribution in [0.3, 0.4) is 0 Å². The van der Waals surface area contributed by atoms with Gasteiger partial charge in [-0.05, 0) is 24.6 Å². The number of carbonyl (C=O) groups is 1. The van der Waals surface area contributed by atoms with Crippen LogP contribution in [0, 0.1) is 0 Å². The molecule has 16 heavy (non-hydrogen) atoms. The van der Waals surface area contributed by atoms with Crippen LogP contribution in [0.5, 0.6) is 0 Å². The third-order valence-corrected chi connectivity index (χ3v) is 2.30. The van der Waals surface area contributed by atoms with Gasteiger partial charge >= 0.3 is 5.97 Å². The van der Waals surface area contributed by atoms with Gasteiger partial charge in [-0.15, -0.1) is 0 Å². The summed E-state index contributed by atoms with van der Waals surface area (Å²) in [7, 11) is 0. The molecule has 88 valence electrons. The van der Waals surface area contributed by atoms with Gasteiger partial charge in [0.15, 0.2) is 5.60 Å². The summed E-state index contributed by atoms with van der Waals surface area (Å²) in [5, 5.41) is 10.1. The van der Waals surface area contributed by atoms with Crippen LogP contribution in [0.2, 0.25) is 0 Å². The highest BCUT2D eigenvalue weighted by Crippen LogP contribution is 2.22. The van der Waals surface area contributed by atoms with Crippen LogP contribution < -0.4 is 11.5 Å². The lowest BCUT2D eigenvalue weighted by molar-refractivity contribution is -0.165. The maximum Gasteiger partial charge on any atom is 0.344 e. The molecule has 0 amide bonds. The fourth-order valence-electron chi connectivity index (χ4n) is 1.33. The molecule has 5 nitrogen and oxygen atoms in total. The first-order valence-corrected chi connectivity index (χ1v) is 5.00. The first-order valence-electron chi connectivity index (χ1n) is 5.00. The average Bonchev–Trinajstić information content (AvgIpc) is 2.29. The number of anilines is 1. The number of esters is 1. The molecule has 0 fully saturated rings. The smallest absolute Gasteiger partial charge is 0.344 e. The molecule has 0 saturated heterocycles. The van der Waals surface area contributed by atoms with E-state index in [9.17, 15) is 9.90 Å². The van der Waals surface area contributed by atoms with Crippen LogP contribution in [-0.2, 0) is 15.1 Å². The van der Waals surface area contributed by atoms with E-state index in [1.165, 1.54) is 0 Å². The van der Waals surface area contributed by atoms with Gasteiger partial charge in [-0.1, -0.05) is 12.1 Å². The molecule has 0 spiro atoms. The summed E-state index contributed by atoms with van der Waals surface area (Å²) in [5.41, 5.74) is 10.1. The number of rotatable bonds is 4. The summed E-state index contributed by atoms with van der Waals surface area (Å²) in [6.07, 6.45) is 0. The number of hydrogen-bond donors (Lipinski definition) is 3.